The van der Waals surface area contributed by atoms with Crippen LogP contribution in [0.2, 0.25) is 0 Å². The van der Waals surface area contributed by atoms with Crippen molar-refractivity contribution in [3.05, 3.63) is 0 Å². The molecule has 11 nitrogen and oxygen atoms in total. The third-order valence-electron chi connectivity index (χ3n) is 7.23. The zero-order valence-electron chi connectivity index (χ0n) is 28.0. The average Bonchev–Trinajstić information content (AvgIpc) is 2.92. The first-order chi connectivity index (χ1) is 21.0. The minimum absolute atomic E-state index is 0.0522. The lowest BCUT2D eigenvalue weighted by Gasteiger charge is -2.31. The number of rotatable bonds is 25. The van der Waals surface area contributed by atoms with E-state index in [2.05, 4.69) is 5.32 Å². The van der Waals surface area contributed by atoms with Gasteiger partial charge in [0, 0.05) is 19.8 Å². The van der Waals surface area contributed by atoms with Gasteiger partial charge in [0.25, 0.3) is 7.82 Å². The molecule has 1 heterocycles. The first-order valence-corrected chi connectivity index (χ1v) is 18.9. The summed E-state index contributed by atoms with van der Waals surface area (Å²) in [5.74, 6) is 0. The number of phosphoric acid groups is 1. The third kappa shape index (κ3) is 23.1. The summed E-state index contributed by atoms with van der Waals surface area (Å²) in [6.07, 6.45) is 12.1. The predicted octanol–water partition coefficient (Wildman–Crippen LogP) is 6.90. The number of nitrogens with zero attached hydrogens (tertiary/aromatic N) is 1. The maximum Gasteiger partial charge on any atom is 0.407 e. The Morgan fingerprint density at radius 1 is 0.933 bits per heavy atom. The Hall–Kier alpha value is 0.0900. The molecule has 1 aliphatic rings. The monoisotopic (exact) mass is 726 g/mol. The topological polar surface area (TPSA) is 125 Å². The number of hydrogen-bond donors (Lipinski definition) is 1. The number of alkyl halides is 3. The van der Waals surface area contributed by atoms with E-state index in [1.165, 1.54) is 25.7 Å². The summed E-state index contributed by atoms with van der Waals surface area (Å²) in [7, 11) is 1.43. The maximum atomic E-state index is 12.2. The van der Waals surface area contributed by atoms with Crippen molar-refractivity contribution in [2.45, 2.75) is 119 Å². The number of likely N-dealkylation sites (N-methyl/N-ethyl adjacent to an activating group) is 1. The van der Waals surface area contributed by atoms with Crippen molar-refractivity contribution in [1.82, 2.24) is 5.32 Å². The minimum atomic E-state index is -4.44. The fourth-order valence-electron chi connectivity index (χ4n) is 4.27. The number of halogens is 3. The minimum Gasteiger partial charge on any atom is -0.756 e. The number of amides is 1. The normalized spacial score (nSPS) is 18.4. The summed E-state index contributed by atoms with van der Waals surface area (Å²) in [5, 5.41) is 2.70. The van der Waals surface area contributed by atoms with Crippen LogP contribution in [0.4, 0.5) is 4.79 Å². The second-order valence-electron chi connectivity index (χ2n) is 13.1. The molecular weight excluding hydrogens is 670 g/mol. The van der Waals surface area contributed by atoms with Gasteiger partial charge in [0.15, 0.2) is 11.9 Å². The maximum absolute atomic E-state index is 12.2. The lowest BCUT2D eigenvalue weighted by atomic mass is 10.1. The van der Waals surface area contributed by atoms with E-state index >= 15 is 0 Å². The van der Waals surface area contributed by atoms with Crippen molar-refractivity contribution in [3.8, 4) is 0 Å². The summed E-state index contributed by atoms with van der Waals surface area (Å²) >= 11 is 17.5. The largest absolute Gasteiger partial charge is 0.756 e. The lowest BCUT2D eigenvalue weighted by Crippen LogP contribution is -2.44. The van der Waals surface area contributed by atoms with Crippen LogP contribution in [0.1, 0.15) is 97.3 Å². The van der Waals surface area contributed by atoms with Crippen LogP contribution in [0.3, 0.4) is 0 Å². The van der Waals surface area contributed by atoms with Crippen LogP contribution in [0.5, 0.6) is 0 Å². The van der Waals surface area contributed by atoms with Gasteiger partial charge >= 0.3 is 6.09 Å². The van der Waals surface area contributed by atoms with Gasteiger partial charge in [0.1, 0.15) is 19.3 Å². The molecule has 3 atom stereocenters. The Bertz CT molecular complexity index is 838. The molecule has 0 bridgehead atoms. The van der Waals surface area contributed by atoms with Gasteiger partial charge < -0.3 is 42.7 Å². The van der Waals surface area contributed by atoms with Crippen LogP contribution in [0.15, 0.2) is 0 Å². The molecule has 0 aromatic heterocycles. The summed E-state index contributed by atoms with van der Waals surface area (Å²) < 4.78 is 43.9. The van der Waals surface area contributed by atoms with Crippen LogP contribution >= 0.6 is 42.6 Å². The summed E-state index contributed by atoms with van der Waals surface area (Å²) in [4.78, 5) is 24.1. The van der Waals surface area contributed by atoms with E-state index in [-0.39, 0.29) is 26.1 Å². The van der Waals surface area contributed by atoms with Crippen molar-refractivity contribution in [2.75, 3.05) is 67.3 Å². The number of quaternary nitrogens is 1. The summed E-state index contributed by atoms with van der Waals surface area (Å²) in [6.45, 7) is 5.47. The fourth-order valence-corrected chi connectivity index (χ4v) is 5.12. The van der Waals surface area contributed by atoms with E-state index in [1.807, 2.05) is 21.1 Å². The van der Waals surface area contributed by atoms with E-state index in [9.17, 15) is 14.3 Å². The molecular formula is C30H58Cl3N2O9P. The Morgan fingerprint density at radius 3 is 2.09 bits per heavy atom. The fraction of sp³-hybridized carbons (Fsp3) is 0.967. The molecule has 0 aromatic carbocycles. The first-order valence-electron chi connectivity index (χ1n) is 16.3. The molecule has 0 aliphatic carbocycles. The number of ether oxygens (including phenoxy) is 4. The zero-order chi connectivity index (χ0) is 33.8. The van der Waals surface area contributed by atoms with E-state index in [1.54, 1.807) is 13.8 Å². The molecule has 15 heteroatoms. The van der Waals surface area contributed by atoms with Crippen LogP contribution in [0, 0.1) is 0 Å². The molecule has 0 spiro atoms. The Kier molecular flexibility index (Phi) is 21.7. The van der Waals surface area contributed by atoms with Crippen LogP contribution in [-0.4, -0.2) is 99.6 Å². The highest BCUT2D eigenvalue weighted by Crippen LogP contribution is 2.40. The molecule has 0 radical (unpaired) electrons. The third-order valence-corrected chi connectivity index (χ3v) is 9.56. The van der Waals surface area contributed by atoms with Crippen LogP contribution in [0.25, 0.3) is 0 Å². The lowest BCUT2D eigenvalue weighted by molar-refractivity contribution is -0.870. The van der Waals surface area contributed by atoms with Gasteiger partial charge in [0.05, 0.1) is 34.4 Å². The van der Waals surface area contributed by atoms with Crippen LogP contribution in [-0.2, 0) is 32.6 Å². The number of carbonyl (C=O) groups is 1. The van der Waals surface area contributed by atoms with Gasteiger partial charge in [-0.05, 0) is 46.0 Å². The SMILES string of the molecule is CC(C)(OC(=O)NCCCCCCCCCCCCOC[C@H](COP(=O)([O-])OCC[N+](C)(C)C)OC1CCCCO1)C(Cl)(Cl)Cl. The van der Waals surface area contributed by atoms with Gasteiger partial charge in [-0.25, -0.2) is 4.79 Å². The molecule has 1 amide bonds. The predicted molar refractivity (Wildman–Crippen MR) is 177 cm³/mol. The first kappa shape index (κ1) is 43.1. The number of nitrogens with one attached hydrogen (secondary N) is 1. The van der Waals surface area contributed by atoms with Crippen molar-refractivity contribution < 1.29 is 46.7 Å². The summed E-state index contributed by atoms with van der Waals surface area (Å²) in [5.41, 5.74) is -1.22. The molecule has 1 aliphatic heterocycles. The van der Waals surface area contributed by atoms with Crippen molar-refractivity contribution in [3.63, 3.8) is 0 Å². The second-order valence-corrected chi connectivity index (χ2v) is 16.8. The van der Waals surface area contributed by atoms with Crippen LogP contribution < -0.4 is 10.2 Å². The van der Waals surface area contributed by atoms with Crippen molar-refractivity contribution >= 4 is 48.7 Å². The molecule has 268 valence electrons. The smallest absolute Gasteiger partial charge is 0.407 e. The van der Waals surface area contributed by atoms with E-state index < -0.39 is 29.4 Å². The molecule has 0 aromatic rings. The number of hydrogen-bond acceptors (Lipinski definition) is 9. The van der Waals surface area contributed by atoms with E-state index in [0.29, 0.717) is 30.8 Å². The highest BCUT2D eigenvalue weighted by molar-refractivity contribution is 7.45. The average molecular weight is 728 g/mol. The Balaban J connectivity index is 2.11. The second kappa shape index (κ2) is 22.7. The molecule has 1 fully saturated rings. The highest BCUT2D eigenvalue weighted by Gasteiger charge is 2.44. The Morgan fingerprint density at radius 2 is 1.53 bits per heavy atom. The Labute approximate surface area is 286 Å². The molecule has 45 heavy (non-hydrogen) atoms. The number of phosphoric ester groups is 1. The number of alkyl carbamates (subject to hydrolysis) is 1. The van der Waals surface area contributed by atoms with Gasteiger partial charge in [-0.15, -0.1) is 0 Å². The van der Waals surface area contributed by atoms with E-state index in [0.717, 1.165) is 57.8 Å². The van der Waals surface area contributed by atoms with E-state index in [4.69, 9.17) is 62.8 Å². The number of unbranched alkanes of at least 4 members (excludes halogenated alkanes) is 9. The van der Waals surface area contributed by atoms with Gasteiger partial charge in [0.2, 0.25) is 3.79 Å². The molecule has 0 saturated carbocycles. The number of carbonyl (C=O) groups excluding carboxylic acids is 1. The van der Waals surface area contributed by atoms with Crippen molar-refractivity contribution in [2.24, 2.45) is 0 Å². The van der Waals surface area contributed by atoms with Gasteiger partial charge in [-0.1, -0.05) is 86.2 Å². The van der Waals surface area contributed by atoms with Crippen molar-refractivity contribution in [1.29, 1.82) is 0 Å². The summed E-state index contributed by atoms with van der Waals surface area (Å²) in [6, 6.07) is 0. The molecule has 1 rings (SSSR count). The van der Waals surface area contributed by atoms with Gasteiger partial charge in [-0.2, -0.15) is 0 Å². The molecule has 1 saturated heterocycles. The zero-order valence-corrected chi connectivity index (χ0v) is 31.2. The molecule has 2 unspecified atom stereocenters. The van der Waals surface area contributed by atoms with Gasteiger partial charge in [-0.3, -0.25) is 4.57 Å². The highest BCUT2D eigenvalue weighted by atomic mass is 35.6. The standard InChI is InChI=1S/C30H58Cl3N2O9P/c1-29(2,30(31,32)33)44-28(36)34-19-15-12-10-8-6-7-9-11-13-16-21-39-24-26(43-27-18-14-17-22-40-27)25-42-45(37,38)41-23-20-35(3,4)5/h26-27H,6-25H2,1-5H3,(H-,34,36,37,38)/t26-,27?/m1/s1. The quantitative estimate of drug-likeness (QED) is 0.0463. The molecule has 1 N–H and O–H groups in total.